The van der Waals surface area contributed by atoms with Crippen LogP contribution >= 0.6 is 11.8 Å². The Bertz CT molecular complexity index is 924. The van der Waals surface area contributed by atoms with Crippen LogP contribution in [0.4, 0.5) is 11.6 Å². The fourth-order valence-corrected chi connectivity index (χ4v) is 3.67. The summed E-state index contributed by atoms with van der Waals surface area (Å²) in [5.74, 6) is 2.80. The Hall–Kier alpha value is -2.73. The lowest BCUT2D eigenvalue weighted by Crippen LogP contribution is -2.16. The predicted molar refractivity (Wildman–Crippen MR) is 100 cm³/mol. The molecule has 1 aliphatic rings. The van der Waals surface area contributed by atoms with Gasteiger partial charge in [0.05, 0.1) is 5.69 Å². The molecule has 2 heterocycles. The van der Waals surface area contributed by atoms with Gasteiger partial charge in [-0.25, -0.2) is 4.98 Å². The molecule has 0 bridgehead atoms. The Labute approximate surface area is 149 Å². The van der Waals surface area contributed by atoms with Crippen molar-refractivity contribution in [1.29, 1.82) is 0 Å². The van der Waals surface area contributed by atoms with Gasteiger partial charge >= 0.3 is 0 Å². The molecule has 0 unspecified atom stereocenters. The fourth-order valence-electron chi connectivity index (χ4n) is 2.63. The summed E-state index contributed by atoms with van der Waals surface area (Å²) >= 11 is 1.71. The Balaban J connectivity index is 1.42. The van der Waals surface area contributed by atoms with Crippen LogP contribution in [-0.2, 0) is 18.1 Å². The predicted octanol–water partition coefficient (Wildman–Crippen LogP) is 3.84. The van der Waals surface area contributed by atoms with Gasteiger partial charge in [-0.2, -0.15) is 11.8 Å². The van der Waals surface area contributed by atoms with E-state index in [0.29, 0.717) is 12.6 Å². The molecule has 25 heavy (non-hydrogen) atoms. The molecule has 2 N–H and O–H groups in total. The van der Waals surface area contributed by atoms with E-state index in [9.17, 15) is 4.79 Å². The Morgan fingerprint density at radius 3 is 2.68 bits per heavy atom. The van der Waals surface area contributed by atoms with Crippen LogP contribution in [0.15, 0.2) is 59.4 Å². The van der Waals surface area contributed by atoms with E-state index in [1.807, 2.05) is 54.6 Å². The van der Waals surface area contributed by atoms with Crippen LogP contribution in [0.25, 0.3) is 0 Å². The molecular weight excluding hydrogens is 334 g/mol. The number of nitrogens with zero attached hydrogens (tertiary/aromatic N) is 1. The standard InChI is InChI=1S/C19H17N3O2S/c23-18-16-11-25-12-17(16)21-19(22-18)20-14-6-8-15(9-7-14)24-10-13-4-2-1-3-5-13/h1-9H,10-12H2,(H2,20,21,22,23). The Morgan fingerprint density at radius 2 is 1.88 bits per heavy atom. The van der Waals surface area contributed by atoms with E-state index in [1.165, 1.54) is 0 Å². The van der Waals surface area contributed by atoms with Crippen LogP contribution in [0.1, 0.15) is 16.8 Å². The van der Waals surface area contributed by atoms with E-state index in [0.717, 1.165) is 39.8 Å². The highest BCUT2D eigenvalue weighted by atomic mass is 32.2. The minimum atomic E-state index is -0.0553. The van der Waals surface area contributed by atoms with Crippen LogP contribution in [0.2, 0.25) is 0 Å². The number of benzene rings is 2. The monoisotopic (exact) mass is 351 g/mol. The molecule has 4 rings (SSSR count). The molecule has 1 aliphatic heterocycles. The molecule has 0 aliphatic carbocycles. The number of fused-ring (bicyclic) bond motifs is 1. The summed E-state index contributed by atoms with van der Waals surface area (Å²) in [6, 6.07) is 17.6. The lowest BCUT2D eigenvalue weighted by Gasteiger charge is -2.09. The second kappa shape index (κ2) is 7.03. The van der Waals surface area contributed by atoms with Crippen molar-refractivity contribution in [3.8, 4) is 5.75 Å². The molecule has 0 amide bonds. The molecule has 126 valence electrons. The molecule has 5 nitrogen and oxygen atoms in total. The first-order valence-electron chi connectivity index (χ1n) is 8.01. The average molecular weight is 351 g/mol. The fraction of sp³-hybridized carbons (Fsp3) is 0.158. The van der Waals surface area contributed by atoms with E-state index in [-0.39, 0.29) is 5.56 Å². The Kier molecular flexibility index (Phi) is 4.43. The molecule has 0 atom stereocenters. The first kappa shape index (κ1) is 15.8. The highest BCUT2D eigenvalue weighted by Gasteiger charge is 2.17. The lowest BCUT2D eigenvalue weighted by atomic mass is 10.2. The molecule has 0 fully saturated rings. The maximum atomic E-state index is 12.0. The quantitative estimate of drug-likeness (QED) is 0.731. The smallest absolute Gasteiger partial charge is 0.256 e. The highest BCUT2D eigenvalue weighted by Crippen LogP contribution is 2.26. The number of aromatic amines is 1. The number of ether oxygens (including phenoxy) is 1. The minimum absolute atomic E-state index is 0.0553. The van der Waals surface area contributed by atoms with Crippen molar-refractivity contribution >= 4 is 23.4 Å². The van der Waals surface area contributed by atoms with E-state index >= 15 is 0 Å². The molecular formula is C19H17N3O2S. The van der Waals surface area contributed by atoms with Gasteiger partial charge < -0.3 is 10.1 Å². The molecule has 0 spiro atoms. The van der Waals surface area contributed by atoms with Gasteiger partial charge in [-0.1, -0.05) is 30.3 Å². The summed E-state index contributed by atoms with van der Waals surface area (Å²) in [4.78, 5) is 19.3. The third kappa shape index (κ3) is 3.69. The normalized spacial score (nSPS) is 12.6. The zero-order valence-corrected chi connectivity index (χ0v) is 14.3. The van der Waals surface area contributed by atoms with E-state index in [4.69, 9.17) is 4.74 Å². The number of nitrogens with one attached hydrogen (secondary N) is 2. The van der Waals surface area contributed by atoms with Gasteiger partial charge in [0.25, 0.3) is 5.56 Å². The van der Waals surface area contributed by atoms with Crippen molar-refractivity contribution in [1.82, 2.24) is 9.97 Å². The van der Waals surface area contributed by atoms with E-state index in [2.05, 4.69) is 15.3 Å². The van der Waals surface area contributed by atoms with Crippen molar-refractivity contribution < 1.29 is 4.74 Å². The van der Waals surface area contributed by atoms with Crippen LogP contribution < -0.4 is 15.6 Å². The number of thioether (sulfide) groups is 1. The van der Waals surface area contributed by atoms with Gasteiger partial charge in [0, 0.05) is 22.8 Å². The number of hydrogen-bond acceptors (Lipinski definition) is 5. The first-order valence-corrected chi connectivity index (χ1v) is 9.17. The van der Waals surface area contributed by atoms with Crippen molar-refractivity contribution in [2.24, 2.45) is 0 Å². The number of rotatable bonds is 5. The summed E-state index contributed by atoms with van der Waals surface area (Å²) in [5, 5.41) is 3.14. The third-order valence-electron chi connectivity index (χ3n) is 3.95. The van der Waals surface area contributed by atoms with Crippen LogP contribution in [0.3, 0.4) is 0 Å². The van der Waals surface area contributed by atoms with Gasteiger partial charge in [-0.05, 0) is 29.8 Å². The molecule has 0 radical (unpaired) electrons. The molecule has 6 heteroatoms. The summed E-state index contributed by atoms with van der Waals surface area (Å²) in [6.07, 6.45) is 0. The number of aromatic nitrogens is 2. The number of anilines is 2. The van der Waals surface area contributed by atoms with Crippen molar-refractivity contribution in [3.05, 3.63) is 81.8 Å². The largest absolute Gasteiger partial charge is 0.489 e. The molecule has 0 saturated heterocycles. The van der Waals surface area contributed by atoms with Crippen LogP contribution in [0.5, 0.6) is 5.75 Å². The van der Waals surface area contributed by atoms with Crippen molar-refractivity contribution in [2.45, 2.75) is 18.1 Å². The van der Waals surface area contributed by atoms with Gasteiger partial charge in [-0.15, -0.1) is 0 Å². The lowest BCUT2D eigenvalue weighted by molar-refractivity contribution is 0.306. The topological polar surface area (TPSA) is 67.0 Å². The SMILES string of the molecule is O=c1[nH]c(Nc2ccc(OCc3ccccc3)cc2)nc2c1CSC2. The first-order chi connectivity index (χ1) is 12.3. The highest BCUT2D eigenvalue weighted by molar-refractivity contribution is 7.98. The second-order valence-electron chi connectivity index (χ2n) is 5.76. The van der Waals surface area contributed by atoms with Crippen LogP contribution in [0, 0.1) is 0 Å². The van der Waals surface area contributed by atoms with Gasteiger partial charge in [-0.3, -0.25) is 9.78 Å². The molecule has 3 aromatic rings. The molecule has 1 aromatic heterocycles. The van der Waals surface area contributed by atoms with Gasteiger partial charge in [0.2, 0.25) is 5.95 Å². The summed E-state index contributed by atoms with van der Waals surface area (Å²) in [5.41, 5.74) is 3.59. The minimum Gasteiger partial charge on any atom is -0.489 e. The van der Waals surface area contributed by atoms with Gasteiger partial charge in [0.1, 0.15) is 12.4 Å². The van der Waals surface area contributed by atoms with Crippen molar-refractivity contribution in [3.63, 3.8) is 0 Å². The zero-order chi connectivity index (χ0) is 17.1. The average Bonchev–Trinajstić information content (AvgIpc) is 3.11. The number of hydrogen-bond donors (Lipinski definition) is 2. The second-order valence-corrected chi connectivity index (χ2v) is 6.74. The van der Waals surface area contributed by atoms with E-state index < -0.39 is 0 Å². The molecule has 0 saturated carbocycles. The zero-order valence-electron chi connectivity index (χ0n) is 13.5. The van der Waals surface area contributed by atoms with Crippen molar-refractivity contribution in [2.75, 3.05) is 5.32 Å². The maximum Gasteiger partial charge on any atom is 0.256 e. The summed E-state index contributed by atoms with van der Waals surface area (Å²) < 4.78 is 5.77. The molecule has 2 aromatic carbocycles. The van der Waals surface area contributed by atoms with E-state index in [1.54, 1.807) is 11.8 Å². The summed E-state index contributed by atoms with van der Waals surface area (Å²) in [7, 11) is 0. The Morgan fingerprint density at radius 1 is 1.08 bits per heavy atom. The maximum absolute atomic E-state index is 12.0. The number of H-pyrrole nitrogens is 1. The third-order valence-corrected chi connectivity index (χ3v) is 4.92. The summed E-state index contributed by atoms with van der Waals surface area (Å²) in [6.45, 7) is 0.533. The van der Waals surface area contributed by atoms with Crippen LogP contribution in [-0.4, -0.2) is 9.97 Å². The van der Waals surface area contributed by atoms with Gasteiger partial charge in [0.15, 0.2) is 0 Å².